The highest BCUT2D eigenvalue weighted by molar-refractivity contribution is 5.76. The van der Waals surface area contributed by atoms with Crippen LogP contribution < -0.4 is 4.74 Å². The zero-order valence-corrected chi connectivity index (χ0v) is 11.2. The lowest BCUT2D eigenvalue weighted by Crippen LogP contribution is -2.36. The summed E-state index contributed by atoms with van der Waals surface area (Å²) in [5, 5.41) is 0. The number of hydrogen-bond donors (Lipinski definition) is 0. The molecule has 1 aromatic carbocycles. The maximum atomic E-state index is 12.4. The van der Waals surface area contributed by atoms with Gasteiger partial charge in [0.25, 0.3) is 0 Å². The van der Waals surface area contributed by atoms with E-state index in [-0.39, 0.29) is 17.8 Å². The number of methoxy groups -OCH3 is 1. The van der Waals surface area contributed by atoms with Crippen LogP contribution >= 0.6 is 0 Å². The van der Waals surface area contributed by atoms with Crippen molar-refractivity contribution in [3.05, 3.63) is 29.8 Å². The van der Waals surface area contributed by atoms with Crippen molar-refractivity contribution >= 4 is 5.97 Å². The number of benzene rings is 1. The van der Waals surface area contributed by atoms with E-state index in [9.17, 15) is 13.6 Å². The second-order valence-electron chi connectivity index (χ2n) is 4.64. The van der Waals surface area contributed by atoms with Gasteiger partial charge in [0.15, 0.2) is 0 Å². The van der Waals surface area contributed by atoms with Crippen LogP contribution in [0.3, 0.4) is 0 Å². The number of hydrogen-bond acceptors (Lipinski definition) is 4. The number of ether oxygens (including phenoxy) is 2. The summed E-state index contributed by atoms with van der Waals surface area (Å²) in [5.41, 5.74) is 0.642. The lowest BCUT2D eigenvalue weighted by Gasteiger charge is -2.23. The van der Waals surface area contributed by atoms with Gasteiger partial charge in [-0.25, -0.2) is 0 Å². The van der Waals surface area contributed by atoms with Crippen molar-refractivity contribution in [2.45, 2.75) is 32.0 Å². The van der Waals surface area contributed by atoms with Gasteiger partial charge in [0.1, 0.15) is 11.8 Å². The zero-order valence-electron chi connectivity index (χ0n) is 11.2. The fraction of sp³-hybridized carbons (Fsp3) is 0.500. The molecule has 0 N–H and O–H groups in total. The Bertz CT molecular complexity index is 467. The van der Waals surface area contributed by atoms with Crippen molar-refractivity contribution < 1.29 is 23.0 Å². The molecular weight excluding hydrogens is 268 g/mol. The summed E-state index contributed by atoms with van der Waals surface area (Å²) in [5.74, 6) is -0.132. The summed E-state index contributed by atoms with van der Waals surface area (Å²) in [6, 6.07) is 6.33. The van der Waals surface area contributed by atoms with Crippen LogP contribution in [0, 0.1) is 0 Å². The van der Waals surface area contributed by atoms with Crippen LogP contribution in [0.2, 0.25) is 0 Å². The van der Waals surface area contributed by atoms with Crippen molar-refractivity contribution in [2.24, 2.45) is 0 Å². The largest absolute Gasteiger partial charge is 0.468 e. The highest BCUT2D eigenvalue weighted by atomic mass is 19.3. The van der Waals surface area contributed by atoms with Gasteiger partial charge in [-0.15, -0.1) is 0 Å². The van der Waals surface area contributed by atoms with E-state index in [0.29, 0.717) is 12.1 Å². The molecule has 110 valence electrons. The van der Waals surface area contributed by atoms with Gasteiger partial charge in [-0.3, -0.25) is 9.69 Å². The monoisotopic (exact) mass is 285 g/mol. The summed E-state index contributed by atoms with van der Waals surface area (Å²) >= 11 is 0. The quantitative estimate of drug-likeness (QED) is 0.779. The smallest absolute Gasteiger partial charge is 0.387 e. The number of para-hydroxylation sites is 1. The first-order valence-electron chi connectivity index (χ1n) is 6.46. The number of alkyl halides is 2. The molecule has 6 heteroatoms. The minimum atomic E-state index is -2.86. The second kappa shape index (κ2) is 6.65. The Kier molecular flexibility index (Phi) is 4.89. The molecule has 20 heavy (non-hydrogen) atoms. The molecule has 1 atom stereocenters. The summed E-state index contributed by atoms with van der Waals surface area (Å²) in [6.07, 6.45) is 1.61. The SMILES string of the molecule is COC(=O)C1CCCN1Cc1ccccc1OC(F)F. The van der Waals surface area contributed by atoms with Gasteiger partial charge >= 0.3 is 12.6 Å². The van der Waals surface area contributed by atoms with E-state index in [1.165, 1.54) is 13.2 Å². The summed E-state index contributed by atoms with van der Waals surface area (Å²) in [7, 11) is 1.35. The third kappa shape index (κ3) is 3.45. The van der Waals surface area contributed by atoms with Crippen LogP contribution in [0.25, 0.3) is 0 Å². The van der Waals surface area contributed by atoms with Gasteiger partial charge in [0, 0.05) is 12.1 Å². The molecule has 0 aliphatic carbocycles. The average molecular weight is 285 g/mol. The van der Waals surface area contributed by atoms with E-state index in [1.54, 1.807) is 18.2 Å². The van der Waals surface area contributed by atoms with E-state index in [1.807, 2.05) is 4.90 Å². The van der Waals surface area contributed by atoms with Crippen LogP contribution in [-0.4, -0.2) is 37.2 Å². The molecule has 2 rings (SSSR count). The molecule has 0 amide bonds. The maximum Gasteiger partial charge on any atom is 0.387 e. The van der Waals surface area contributed by atoms with Gasteiger partial charge in [-0.1, -0.05) is 18.2 Å². The minimum Gasteiger partial charge on any atom is -0.468 e. The normalized spacial score (nSPS) is 19.3. The Morgan fingerprint density at radius 1 is 1.45 bits per heavy atom. The Morgan fingerprint density at radius 2 is 2.20 bits per heavy atom. The lowest BCUT2D eigenvalue weighted by molar-refractivity contribution is -0.146. The van der Waals surface area contributed by atoms with Gasteiger partial charge < -0.3 is 9.47 Å². The van der Waals surface area contributed by atoms with Gasteiger partial charge in [-0.05, 0) is 25.5 Å². The van der Waals surface area contributed by atoms with Crippen LogP contribution in [0.4, 0.5) is 8.78 Å². The van der Waals surface area contributed by atoms with Gasteiger partial charge in [0.2, 0.25) is 0 Å². The van der Waals surface area contributed by atoms with Crippen molar-refractivity contribution in [1.82, 2.24) is 4.90 Å². The Morgan fingerprint density at radius 3 is 2.90 bits per heavy atom. The Labute approximate surface area is 116 Å². The van der Waals surface area contributed by atoms with Crippen LogP contribution in [0.5, 0.6) is 5.75 Å². The maximum absolute atomic E-state index is 12.4. The van der Waals surface area contributed by atoms with E-state index in [4.69, 9.17) is 4.74 Å². The summed E-state index contributed by atoms with van der Waals surface area (Å²) in [6.45, 7) is -1.73. The fourth-order valence-corrected chi connectivity index (χ4v) is 2.48. The molecule has 1 fully saturated rings. The first-order chi connectivity index (χ1) is 9.61. The number of esters is 1. The molecule has 0 aromatic heterocycles. The highest BCUT2D eigenvalue weighted by Gasteiger charge is 2.31. The van der Waals surface area contributed by atoms with Crippen LogP contribution in [-0.2, 0) is 16.1 Å². The number of carbonyl (C=O) groups is 1. The van der Waals surface area contributed by atoms with Crippen LogP contribution in [0.15, 0.2) is 24.3 Å². The summed E-state index contributed by atoms with van der Waals surface area (Å²) in [4.78, 5) is 13.6. The van der Waals surface area contributed by atoms with Gasteiger partial charge in [0.05, 0.1) is 7.11 Å². The standard InChI is InChI=1S/C14H17F2NO3/c1-19-13(18)11-6-4-8-17(11)9-10-5-2-3-7-12(10)20-14(15)16/h2-3,5,7,11,14H,4,6,8-9H2,1H3. The Balaban J connectivity index is 2.11. The third-order valence-electron chi connectivity index (χ3n) is 3.40. The second-order valence-corrected chi connectivity index (χ2v) is 4.64. The van der Waals surface area contributed by atoms with E-state index < -0.39 is 6.61 Å². The first kappa shape index (κ1) is 14.7. The Hall–Kier alpha value is -1.69. The lowest BCUT2D eigenvalue weighted by atomic mass is 10.1. The highest BCUT2D eigenvalue weighted by Crippen LogP contribution is 2.26. The molecule has 1 aliphatic heterocycles. The van der Waals surface area contributed by atoms with E-state index in [0.717, 1.165) is 19.4 Å². The predicted molar refractivity (Wildman–Crippen MR) is 68.5 cm³/mol. The molecule has 0 spiro atoms. The van der Waals surface area contributed by atoms with E-state index in [2.05, 4.69) is 4.74 Å². The van der Waals surface area contributed by atoms with Crippen molar-refractivity contribution in [3.8, 4) is 5.75 Å². The first-order valence-corrected chi connectivity index (χ1v) is 6.46. The summed E-state index contributed by atoms with van der Waals surface area (Å²) < 4.78 is 34.0. The molecule has 0 radical (unpaired) electrons. The molecule has 1 aliphatic rings. The molecule has 1 unspecified atom stereocenters. The topological polar surface area (TPSA) is 38.8 Å². The fourth-order valence-electron chi connectivity index (χ4n) is 2.48. The average Bonchev–Trinajstić information content (AvgIpc) is 2.88. The molecule has 1 saturated heterocycles. The number of halogens is 2. The van der Waals surface area contributed by atoms with E-state index >= 15 is 0 Å². The van der Waals surface area contributed by atoms with Gasteiger partial charge in [-0.2, -0.15) is 8.78 Å². The zero-order chi connectivity index (χ0) is 14.5. The molecular formula is C14H17F2NO3. The predicted octanol–water partition coefficient (Wildman–Crippen LogP) is 2.43. The number of rotatable bonds is 5. The molecule has 4 nitrogen and oxygen atoms in total. The third-order valence-corrected chi connectivity index (χ3v) is 3.40. The minimum absolute atomic E-state index is 0.151. The number of likely N-dealkylation sites (tertiary alicyclic amines) is 1. The van der Waals surface area contributed by atoms with Crippen molar-refractivity contribution in [1.29, 1.82) is 0 Å². The molecule has 1 aromatic rings. The van der Waals surface area contributed by atoms with Crippen molar-refractivity contribution in [3.63, 3.8) is 0 Å². The van der Waals surface area contributed by atoms with Crippen LogP contribution in [0.1, 0.15) is 18.4 Å². The molecule has 0 saturated carbocycles. The number of carbonyl (C=O) groups excluding carboxylic acids is 1. The van der Waals surface area contributed by atoms with Crippen molar-refractivity contribution in [2.75, 3.05) is 13.7 Å². The molecule has 0 bridgehead atoms. The number of nitrogens with zero attached hydrogens (tertiary/aromatic N) is 1. The molecule has 1 heterocycles.